The summed E-state index contributed by atoms with van der Waals surface area (Å²) in [7, 11) is 0. The Balaban J connectivity index is 2.34. The lowest BCUT2D eigenvalue weighted by molar-refractivity contribution is 0.318. The molecule has 2 aromatic rings. The first-order chi connectivity index (χ1) is 7.81. The van der Waals surface area contributed by atoms with Gasteiger partial charge in [0.05, 0.1) is 0 Å². The molecule has 0 unspecified atom stereocenters. The fourth-order valence-corrected chi connectivity index (χ4v) is 2.67. The normalized spacial score (nSPS) is 11.6. The number of aromatic nitrogens is 2. The second-order valence-electron chi connectivity index (χ2n) is 2.79. The highest BCUT2D eigenvalue weighted by molar-refractivity contribution is 8.01. The Bertz CT molecular complexity index is 498. The van der Waals surface area contributed by atoms with Crippen LogP contribution in [-0.2, 0) is 0 Å². The number of oxime groups is 1. The third-order valence-corrected chi connectivity index (χ3v) is 3.60. The van der Waals surface area contributed by atoms with E-state index in [1.807, 2.05) is 18.2 Å². The van der Waals surface area contributed by atoms with Crippen molar-refractivity contribution in [2.75, 3.05) is 0 Å². The first-order valence-corrected chi connectivity index (χ1v) is 5.91. The van der Waals surface area contributed by atoms with Crippen molar-refractivity contribution in [3.8, 4) is 0 Å². The van der Waals surface area contributed by atoms with Crippen molar-refractivity contribution in [1.82, 2.24) is 9.36 Å². The smallest absolute Gasteiger partial charge is 0.174 e. The van der Waals surface area contributed by atoms with Crippen LogP contribution in [0.15, 0.2) is 45.0 Å². The number of rotatable bonds is 3. The predicted octanol–water partition coefficient (Wildman–Crippen LogP) is 1.78. The maximum atomic E-state index is 8.67. The van der Waals surface area contributed by atoms with Crippen LogP contribution in [0.2, 0.25) is 0 Å². The zero-order valence-corrected chi connectivity index (χ0v) is 9.70. The van der Waals surface area contributed by atoms with Crippen molar-refractivity contribution < 1.29 is 5.21 Å². The molecular formula is C9H8N4OS2. The molecule has 0 bridgehead atoms. The monoisotopic (exact) mass is 252 g/mol. The topological polar surface area (TPSA) is 84.4 Å². The Labute approximate surface area is 100 Å². The molecule has 0 saturated heterocycles. The van der Waals surface area contributed by atoms with Crippen molar-refractivity contribution in [2.24, 2.45) is 10.9 Å². The van der Waals surface area contributed by atoms with Gasteiger partial charge in [-0.25, -0.2) is 4.98 Å². The lowest BCUT2D eigenvalue weighted by Crippen LogP contribution is -2.13. The van der Waals surface area contributed by atoms with E-state index in [-0.39, 0.29) is 5.84 Å². The summed E-state index contributed by atoms with van der Waals surface area (Å²) >= 11 is 2.74. The van der Waals surface area contributed by atoms with Gasteiger partial charge in [-0.2, -0.15) is 4.37 Å². The second-order valence-corrected chi connectivity index (χ2v) is 4.86. The Kier molecular flexibility index (Phi) is 3.37. The molecule has 7 heteroatoms. The van der Waals surface area contributed by atoms with Crippen molar-refractivity contribution in [3.05, 3.63) is 36.2 Å². The van der Waals surface area contributed by atoms with Gasteiger partial charge in [0.15, 0.2) is 10.2 Å². The third-order valence-electron chi connectivity index (χ3n) is 1.81. The summed E-state index contributed by atoms with van der Waals surface area (Å²) in [5, 5.41) is 11.7. The Morgan fingerprint density at radius 2 is 2.25 bits per heavy atom. The molecule has 0 spiro atoms. The highest BCUT2D eigenvalue weighted by Crippen LogP contribution is 2.30. The van der Waals surface area contributed by atoms with Crippen LogP contribution in [0.1, 0.15) is 5.56 Å². The molecule has 1 aromatic heterocycles. The number of benzene rings is 1. The predicted molar refractivity (Wildman–Crippen MR) is 63.0 cm³/mol. The highest BCUT2D eigenvalue weighted by Gasteiger charge is 2.09. The Hall–Kier alpha value is -1.60. The molecule has 0 saturated carbocycles. The van der Waals surface area contributed by atoms with Crippen LogP contribution in [-0.4, -0.2) is 20.4 Å². The molecule has 0 atom stereocenters. The van der Waals surface area contributed by atoms with Gasteiger partial charge in [0, 0.05) is 10.5 Å². The number of nitrogens with two attached hydrogens (primary N) is 1. The average molecular weight is 252 g/mol. The molecule has 0 aliphatic heterocycles. The second kappa shape index (κ2) is 4.95. The van der Waals surface area contributed by atoms with Crippen LogP contribution in [0.25, 0.3) is 0 Å². The molecule has 16 heavy (non-hydrogen) atoms. The maximum Gasteiger partial charge on any atom is 0.174 e. The van der Waals surface area contributed by atoms with Crippen molar-refractivity contribution in [2.45, 2.75) is 9.24 Å². The zero-order valence-electron chi connectivity index (χ0n) is 8.07. The fraction of sp³-hybridized carbons (Fsp3) is 0. The van der Waals surface area contributed by atoms with E-state index >= 15 is 0 Å². The lowest BCUT2D eigenvalue weighted by atomic mass is 10.2. The Morgan fingerprint density at radius 3 is 2.94 bits per heavy atom. The molecule has 3 N–H and O–H groups in total. The molecular weight excluding hydrogens is 244 g/mol. The van der Waals surface area contributed by atoms with E-state index in [4.69, 9.17) is 10.9 Å². The summed E-state index contributed by atoms with van der Waals surface area (Å²) in [6.45, 7) is 0. The first kappa shape index (κ1) is 10.9. The molecule has 0 amide bonds. The molecule has 0 radical (unpaired) electrons. The zero-order chi connectivity index (χ0) is 11.4. The largest absolute Gasteiger partial charge is 0.409 e. The minimum absolute atomic E-state index is 0.0904. The van der Waals surface area contributed by atoms with Gasteiger partial charge < -0.3 is 10.9 Å². The van der Waals surface area contributed by atoms with E-state index in [0.29, 0.717) is 5.56 Å². The minimum atomic E-state index is 0.0904. The minimum Gasteiger partial charge on any atom is -0.409 e. The summed E-state index contributed by atoms with van der Waals surface area (Å²) in [4.78, 5) is 4.95. The molecule has 0 aliphatic carbocycles. The summed E-state index contributed by atoms with van der Waals surface area (Å²) in [5.41, 5.74) is 6.26. The van der Waals surface area contributed by atoms with Crippen molar-refractivity contribution >= 4 is 29.1 Å². The van der Waals surface area contributed by atoms with Gasteiger partial charge in [-0.3, -0.25) is 0 Å². The van der Waals surface area contributed by atoms with E-state index in [9.17, 15) is 0 Å². The number of hydrogen-bond acceptors (Lipinski definition) is 6. The molecule has 1 aromatic carbocycles. The summed E-state index contributed by atoms with van der Waals surface area (Å²) < 4.78 is 4.73. The number of amidine groups is 1. The first-order valence-electron chi connectivity index (χ1n) is 4.32. The molecule has 82 valence electrons. The summed E-state index contributed by atoms with van der Waals surface area (Å²) in [6, 6.07) is 7.40. The standard InChI is InChI=1S/C9H8N4OS2/c10-8(13-14)6-3-1-2-4-7(6)15-9-11-5-12-16-9/h1-5,14H,(H2,10,13). The Morgan fingerprint density at radius 1 is 1.44 bits per heavy atom. The van der Waals surface area contributed by atoms with Crippen molar-refractivity contribution in [1.29, 1.82) is 0 Å². The van der Waals surface area contributed by atoms with Gasteiger partial charge >= 0.3 is 0 Å². The van der Waals surface area contributed by atoms with Gasteiger partial charge in [-0.05, 0) is 17.6 Å². The fourth-order valence-electron chi connectivity index (χ4n) is 1.12. The maximum absolute atomic E-state index is 8.67. The van der Waals surface area contributed by atoms with Gasteiger partial charge in [0.25, 0.3) is 0 Å². The molecule has 5 nitrogen and oxygen atoms in total. The van der Waals surface area contributed by atoms with E-state index in [2.05, 4.69) is 14.5 Å². The van der Waals surface area contributed by atoms with Gasteiger partial charge in [0.1, 0.15) is 6.33 Å². The molecule has 2 rings (SSSR count). The summed E-state index contributed by atoms with van der Waals surface area (Å²) in [5.74, 6) is 0.0904. The lowest BCUT2D eigenvalue weighted by Gasteiger charge is -2.04. The third kappa shape index (κ3) is 2.31. The number of hydrogen-bond donors (Lipinski definition) is 2. The van der Waals surface area contributed by atoms with Gasteiger partial charge in [0.2, 0.25) is 0 Å². The van der Waals surface area contributed by atoms with E-state index in [0.717, 1.165) is 9.24 Å². The van der Waals surface area contributed by atoms with Crippen LogP contribution in [0.4, 0.5) is 0 Å². The van der Waals surface area contributed by atoms with Crippen LogP contribution < -0.4 is 5.73 Å². The quantitative estimate of drug-likeness (QED) is 0.376. The van der Waals surface area contributed by atoms with E-state index in [1.165, 1.54) is 29.6 Å². The van der Waals surface area contributed by atoms with Gasteiger partial charge in [-0.15, -0.1) is 0 Å². The molecule has 0 fully saturated rings. The highest BCUT2D eigenvalue weighted by atomic mass is 32.2. The van der Waals surface area contributed by atoms with Crippen molar-refractivity contribution in [3.63, 3.8) is 0 Å². The SMILES string of the molecule is NC(=NO)c1ccccc1Sc1ncns1. The molecule has 0 aliphatic rings. The van der Waals surface area contributed by atoms with Gasteiger partial charge in [-0.1, -0.05) is 35.1 Å². The van der Waals surface area contributed by atoms with E-state index < -0.39 is 0 Å². The average Bonchev–Trinajstić information content (AvgIpc) is 2.82. The number of nitrogens with zero attached hydrogens (tertiary/aromatic N) is 3. The summed E-state index contributed by atoms with van der Waals surface area (Å²) in [6.07, 6.45) is 1.50. The molecule has 1 heterocycles. The van der Waals surface area contributed by atoms with Crippen LogP contribution in [0, 0.1) is 0 Å². The van der Waals surface area contributed by atoms with E-state index in [1.54, 1.807) is 6.07 Å². The van der Waals surface area contributed by atoms with Crippen LogP contribution in [0.5, 0.6) is 0 Å². The van der Waals surface area contributed by atoms with Crippen LogP contribution in [0.3, 0.4) is 0 Å². The van der Waals surface area contributed by atoms with Crippen LogP contribution >= 0.6 is 23.3 Å².